The summed E-state index contributed by atoms with van der Waals surface area (Å²) in [6, 6.07) is 63.3. The first-order valence-electron chi connectivity index (χ1n) is 15.8. The molecule has 0 saturated heterocycles. The van der Waals surface area contributed by atoms with Crippen LogP contribution in [0.15, 0.2) is 170 Å². The van der Waals surface area contributed by atoms with Crippen LogP contribution in [0.5, 0.6) is 0 Å². The minimum absolute atomic E-state index is 0.435. The van der Waals surface area contributed by atoms with Crippen molar-refractivity contribution in [3.63, 3.8) is 0 Å². The van der Waals surface area contributed by atoms with Gasteiger partial charge >= 0.3 is 0 Å². The second-order valence-electron chi connectivity index (χ2n) is 12.4. The van der Waals surface area contributed by atoms with Crippen LogP contribution in [0, 0.1) is 0 Å². The first-order valence-corrected chi connectivity index (χ1v) is 15.8. The summed E-state index contributed by atoms with van der Waals surface area (Å²) < 4.78 is 0. The van der Waals surface area contributed by atoms with Crippen molar-refractivity contribution in [2.24, 2.45) is 0 Å². The highest BCUT2D eigenvalue weighted by Crippen LogP contribution is 2.58. The predicted molar refractivity (Wildman–Crippen MR) is 190 cm³/mol. The summed E-state index contributed by atoms with van der Waals surface area (Å²) in [5.41, 5.74) is 10.1. The van der Waals surface area contributed by atoms with Crippen molar-refractivity contribution in [1.82, 2.24) is 0 Å². The Hall–Kier alpha value is -5.72. The standard InChI is InChI=1S/C45H28/c1-3-13-32(14-4-1)45(33-15-5-2-6-16-33)41-20-8-7-17-37(41)40-28-27-36-34(18-10-19-39(36)44(40)45)35-25-23-31-22-21-29-11-9-12-30-24-26-38(35)43(31)42(29)30/h1-28H. The molecule has 0 bridgehead atoms. The molecule has 0 atom stereocenters. The van der Waals surface area contributed by atoms with Gasteiger partial charge in [-0.3, -0.25) is 0 Å². The molecule has 9 aromatic carbocycles. The first kappa shape index (κ1) is 24.7. The van der Waals surface area contributed by atoms with E-state index >= 15 is 0 Å². The van der Waals surface area contributed by atoms with Gasteiger partial charge in [-0.1, -0.05) is 170 Å². The lowest BCUT2D eigenvalue weighted by atomic mass is 9.66. The third-order valence-electron chi connectivity index (χ3n) is 10.3. The fraction of sp³-hybridized carbons (Fsp3) is 0.0222. The van der Waals surface area contributed by atoms with Gasteiger partial charge in [-0.25, -0.2) is 0 Å². The molecule has 0 fully saturated rings. The molecule has 0 aliphatic heterocycles. The number of hydrogen-bond donors (Lipinski definition) is 0. The molecular formula is C45H28. The molecule has 1 aliphatic carbocycles. The smallest absolute Gasteiger partial charge is 0.0622 e. The fourth-order valence-electron chi connectivity index (χ4n) is 8.51. The molecule has 0 amide bonds. The van der Waals surface area contributed by atoms with Crippen molar-refractivity contribution >= 4 is 43.1 Å². The van der Waals surface area contributed by atoms with Crippen LogP contribution in [0.2, 0.25) is 0 Å². The SMILES string of the molecule is c1ccc(C2(c3ccccc3)c3ccccc3-c3ccc4c(-c5ccc6ccc7cccc8ccc5c6c78)cccc4c32)cc1. The Morgan fingerprint density at radius 2 is 0.822 bits per heavy atom. The topological polar surface area (TPSA) is 0 Å². The maximum absolute atomic E-state index is 2.38. The Morgan fingerprint density at radius 3 is 1.58 bits per heavy atom. The summed E-state index contributed by atoms with van der Waals surface area (Å²) in [6.45, 7) is 0. The lowest BCUT2D eigenvalue weighted by Gasteiger charge is -2.34. The van der Waals surface area contributed by atoms with Gasteiger partial charge in [-0.05, 0) is 87.6 Å². The van der Waals surface area contributed by atoms with Gasteiger partial charge in [0.1, 0.15) is 0 Å². The van der Waals surface area contributed by atoms with Crippen molar-refractivity contribution in [2.45, 2.75) is 5.41 Å². The third-order valence-corrected chi connectivity index (χ3v) is 10.3. The van der Waals surface area contributed by atoms with E-state index in [0.717, 1.165) is 0 Å². The van der Waals surface area contributed by atoms with Crippen LogP contribution in [0.4, 0.5) is 0 Å². The molecular weight excluding hydrogens is 540 g/mol. The van der Waals surface area contributed by atoms with Gasteiger partial charge in [0, 0.05) is 0 Å². The summed E-state index contributed by atoms with van der Waals surface area (Å²) in [4.78, 5) is 0. The maximum Gasteiger partial charge on any atom is 0.0719 e. The van der Waals surface area contributed by atoms with Gasteiger partial charge in [0.05, 0.1) is 5.41 Å². The van der Waals surface area contributed by atoms with E-state index in [0.29, 0.717) is 0 Å². The predicted octanol–water partition coefficient (Wildman–Crippen LogP) is 11.8. The van der Waals surface area contributed by atoms with Crippen LogP contribution in [0.3, 0.4) is 0 Å². The van der Waals surface area contributed by atoms with E-state index in [9.17, 15) is 0 Å². The molecule has 0 N–H and O–H groups in total. The van der Waals surface area contributed by atoms with Crippen molar-refractivity contribution in [3.05, 3.63) is 192 Å². The molecule has 9 aromatic rings. The van der Waals surface area contributed by atoms with Crippen LogP contribution in [0.1, 0.15) is 22.3 Å². The maximum atomic E-state index is 2.38. The monoisotopic (exact) mass is 568 g/mol. The molecule has 10 rings (SSSR count). The Labute approximate surface area is 262 Å². The minimum Gasteiger partial charge on any atom is -0.0622 e. The lowest BCUT2D eigenvalue weighted by Crippen LogP contribution is -2.28. The summed E-state index contributed by atoms with van der Waals surface area (Å²) >= 11 is 0. The van der Waals surface area contributed by atoms with Gasteiger partial charge in [0.15, 0.2) is 0 Å². The Bertz CT molecular complexity index is 2520. The highest BCUT2D eigenvalue weighted by atomic mass is 14.5. The van der Waals surface area contributed by atoms with E-state index in [-0.39, 0.29) is 0 Å². The molecule has 0 saturated carbocycles. The highest BCUT2D eigenvalue weighted by Gasteiger charge is 2.47. The molecule has 0 heteroatoms. The summed E-state index contributed by atoms with van der Waals surface area (Å²) in [7, 11) is 0. The van der Waals surface area contributed by atoms with Crippen LogP contribution in [-0.4, -0.2) is 0 Å². The van der Waals surface area contributed by atoms with Gasteiger partial charge in [0.25, 0.3) is 0 Å². The summed E-state index contributed by atoms with van der Waals surface area (Å²) in [5.74, 6) is 0. The Kier molecular flexibility index (Phi) is 5.02. The second kappa shape index (κ2) is 9.14. The second-order valence-corrected chi connectivity index (χ2v) is 12.4. The average Bonchev–Trinajstić information content (AvgIpc) is 3.43. The zero-order chi connectivity index (χ0) is 29.5. The van der Waals surface area contributed by atoms with E-state index in [2.05, 4.69) is 170 Å². The van der Waals surface area contributed by atoms with Crippen molar-refractivity contribution < 1.29 is 0 Å². The van der Waals surface area contributed by atoms with Gasteiger partial charge in [-0.2, -0.15) is 0 Å². The Morgan fingerprint density at radius 1 is 0.289 bits per heavy atom. The van der Waals surface area contributed by atoms with E-state index in [4.69, 9.17) is 0 Å². The molecule has 208 valence electrons. The molecule has 0 spiro atoms. The minimum atomic E-state index is -0.435. The molecule has 0 radical (unpaired) electrons. The molecule has 1 aliphatic rings. The third kappa shape index (κ3) is 3.21. The largest absolute Gasteiger partial charge is 0.0719 e. The normalized spacial score (nSPS) is 13.5. The van der Waals surface area contributed by atoms with E-state index in [1.165, 1.54) is 87.6 Å². The van der Waals surface area contributed by atoms with Crippen LogP contribution < -0.4 is 0 Å². The van der Waals surface area contributed by atoms with Crippen LogP contribution >= 0.6 is 0 Å². The van der Waals surface area contributed by atoms with Crippen LogP contribution in [-0.2, 0) is 5.41 Å². The van der Waals surface area contributed by atoms with Gasteiger partial charge in [0.2, 0.25) is 0 Å². The Balaban J connectivity index is 1.34. The van der Waals surface area contributed by atoms with E-state index < -0.39 is 5.41 Å². The molecule has 0 nitrogen and oxygen atoms in total. The van der Waals surface area contributed by atoms with Gasteiger partial charge < -0.3 is 0 Å². The molecule has 0 unspecified atom stereocenters. The average molecular weight is 569 g/mol. The summed E-state index contributed by atoms with van der Waals surface area (Å²) in [6.07, 6.45) is 0. The van der Waals surface area contributed by atoms with Crippen molar-refractivity contribution in [2.75, 3.05) is 0 Å². The number of fused-ring (bicyclic) bond motifs is 5. The quantitative estimate of drug-likeness (QED) is 0.186. The lowest BCUT2D eigenvalue weighted by molar-refractivity contribution is 0.775. The summed E-state index contributed by atoms with van der Waals surface area (Å²) in [5, 5.41) is 10.5. The van der Waals surface area contributed by atoms with Crippen molar-refractivity contribution in [1.29, 1.82) is 0 Å². The fourth-order valence-corrected chi connectivity index (χ4v) is 8.51. The highest BCUT2D eigenvalue weighted by molar-refractivity contribution is 6.26. The van der Waals surface area contributed by atoms with Gasteiger partial charge in [-0.15, -0.1) is 0 Å². The van der Waals surface area contributed by atoms with E-state index in [1.54, 1.807) is 0 Å². The zero-order valence-corrected chi connectivity index (χ0v) is 24.7. The zero-order valence-electron chi connectivity index (χ0n) is 24.7. The molecule has 0 heterocycles. The molecule has 0 aromatic heterocycles. The first-order chi connectivity index (χ1) is 22.3. The molecule has 45 heavy (non-hydrogen) atoms. The number of rotatable bonds is 3. The van der Waals surface area contributed by atoms with Crippen molar-refractivity contribution in [3.8, 4) is 22.3 Å². The van der Waals surface area contributed by atoms with Crippen LogP contribution in [0.25, 0.3) is 65.3 Å². The number of hydrogen-bond acceptors (Lipinski definition) is 0. The number of benzene rings is 9. The van der Waals surface area contributed by atoms with E-state index in [1.807, 2.05) is 0 Å².